The van der Waals surface area contributed by atoms with Crippen molar-refractivity contribution in [2.24, 2.45) is 7.05 Å². The molecule has 158 valence electrons. The molecule has 4 rings (SSSR count). The third-order valence-electron chi connectivity index (χ3n) is 4.41. The van der Waals surface area contributed by atoms with E-state index in [0.717, 1.165) is 16.6 Å². The van der Waals surface area contributed by atoms with Crippen LogP contribution in [0.3, 0.4) is 0 Å². The number of nitrogens with zero attached hydrogens (tertiary/aromatic N) is 5. The predicted molar refractivity (Wildman–Crippen MR) is 115 cm³/mol. The Morgan fingerprint density at radius 1 is 1.29 bits per heavy atom. The first-order valence-electron chi connectivity index (χ1n) is 9.15. The van der Waals surface area contributed by atoms with Crippen molar-refractivity contribution in [1.82, 2.24) is 19.7 Å². The molecular weight excluding hydrogens is 438 g/mol. The molecule has 0 radical (unpaired) electrons. The first kappa shape index (κ1) is 20.8. The minimum atomic E-state index is -0.494. The van der Waals surface area contributed by atoms with Gasteiger partial charge in [0.05, 0.1) is 29.2 Å². The Morgan fingerprint density at radius 3 is 2.81 bits per heavy atom. The molecule has 0 saturated carbocycles. The maximum atomic E-state index is 13.3. The van der Waals surface area contributed by atoms with Crippen LogP contribution in [0.1, 0.15) is 21.0 Å². The molecule has 1 aromatic carbocycles. The highest BCUT2D eigenvalue weighted by atomic mass is 32.2. The zero-order valence-corrected chi connectivity index (χ0v) is 18.0. The summed E-state index contributed by atoms with van der Waals surface area (Å²) in [6, 6.07) is 11.9. The van der Waals surface area contributed by atoms with Gasteiger partial charge in [0, 0.05) is 23.6 Å². The van der Waals surface area contributed by atoms with E-state index >= 15 is 0 Å². The van der Waals surface area contributed by atoms with Gasteiger partial charge >= 0.3 is 0 Å². The molecule has 0 fully saturated rings. The molecule has 0 unspecified atom stereocenters. The van der Waals surface area contributed by atoms with E-state index in [1.165, 1.54) is 23.7 Å². The fraction of sp³-hybridized carbons (Fsp3) is 0.150. The highest BCUT2D eigenvalue weighted by Crippen LogP contribution is 2.34. The Balaban J connectivity index is 1.63. The van der Waals surface area contributed by atoms with Crippen LogP contribution in [0.25, 0.3) is 0 Å². The van der Waals surface area contributed by atoms with Crippen LogP contribution in [0.4, 0.5) is 5.69 Å². The van der Waals surface area contributed by atoms with Crippen molar-refractivity contribution in [3.05, 3.63) is 86.8 Å². The number of thiophene rings is 1. The Kier molecular flexibility index (Phi) is 6.14. The molecule has 1 amide bonds. The minimum Gasteiger partial charge on any atom is -0.467 e. The van der Waals surface area contributed by atoms with Gasteiger partial charge in [-0.2, -0.15) is 0 Å². The van der Waals surface area contributed by atoms with Gasteiger partial charge in [-0.1, -0.05) is 6.07 Å². The third kappa shape index (κ3) is 4.84. The first-order valence-corrected chi connectivity index (χ1v) is 10.8. The molecule has 0 saturated heterocycles. The number of hydrogen-bond acceptors (Lipinski definition) is 8. The number of carbonyl (C=O) groups excluding carboxylic acids is 1. The summed E-state index contributed by atoms with van der Waals surface area (Å²) >= 11 is 2.66. The number of rotatable bonds is 8. The van der Waals surface area contributed by atoms with E-state index in [9.17, 15) is 14.9 Å². The summed E-state index contributed by atoms with van der Waals surface area (Å²) < 4.78 is 7.07. The number of aromatic nitrogens is 3. The molecule has 31 heavy (non-hydrogen) atoms. The lowest BCUT2D eigenvalue weighted by Crippen LogP contribution is -2.29. The number of nitro benzene ring substituents is 1. The van der Waals surface area contributed by atoms with Gasteiger partial charge in [0.2, 0.25) is 0 Å². The van der Waals surface area contributed by atoms with Crippen LogP contribution in [0.15, 0.2) is 74.9 Å². The number of furan rings is 1. The fourth-order valence-corrected chi connectivity index (χ4v) is 4.48. The Bertz CT molecular complexity index is 1150. The second kappa shape index (κ2) is 9.14. The summed E-state index contributed by atoms with van der Waals surface area (Å²) in [5.41, 5.74) is 0.0741. The summed E-state index contributed by atoms with van der Waals surface area (Å²) in [5, 5.41) is 21.9. The predicted octanol–water partition coefficient (Wildman–Crippen LogP) is 4.37. The lowest BCUT2D eigenvalue weighted by Gasteiger charge is -2.21. The molecule has 3 heterocycles. The van der Waals surface area contributed by atoms with Gasteiger partial charge in [-0.25, -0.2) is 0 Å². The van der Waals surface area contributed by atoms with Crippen LogP contribution in [0.2, 0.25) is 0 Å². The molecule has 0 aliphatic heterocycles. The van der Waals surface area contributed by atoms with Crippen LogP contribution in [-0.2, 0) is 20.1 Å². The highest BCUT2D eigenvalue weighted by molar-refractivity contribution is 7.99. The molecule has 0 aliphatic carbocycles. The standard InChI is InChI=1S/C20H17N5O4S2/c1-23-13-21-22-20(23)31-18-7-6-14(10-17(18)25(27)28)19(26)24(11-15-4-2-8-29-15)12-16-5-3-9-30-16/h2-10,13H,11-12H2,1H3. The normalized spacial score (nSPS) is 10.9. The van der Waals surface area contributed by atoms with E-state index in [4.69, 9.17) is 4.42 Å². The number of hydrogen-bond donors (Lipinski definition) is 0. The van der Waals surface area contributed by atoms with Crippen LogP contribution in [0, 0.1) is 10.1 Å². The second-order valence-corrected chi connectivity index (χ2v) is 8.63. The van der Waals surface area contributed by atoms with Gasteiger partial charge in [0.25, 0.3) is 11.6 Å². The molecule has 11 heteroatoms. The average Bonchev–Trinajstić information content (AvgIpc) is 3.52. The monoisotopic (exact) mass is 455 g/mol. The van der Waals surface area contributed by atoms with Gasteiger partial charge in [-0.05, 0) is 47.5 Å². The SMILES string of the molecule is Cn1cnnc1Sc1ccc(C(=O)N(Cc2ccco2)Cc2cccs2)cc1[N+](=O)[O-]. The van der Waals surface area contributed by atoms with E-state index in [0.29, 0.717) is 22.4 Å². The molecular formula is C20H17N5O4S2. The quantitative estimate of drug-likeness (QED) is 0.287. The number of nitro groups is 1. The van der Waals surface area contributed by atoms with Crippen molar-refractivity contribution in [1.29, 1.82) is 0 Å². The van der Waals surface area contributed by atoms with Crippen LogP contribution < -0.4 is 0 Å². The van der Waals surface area contributed by atoms with E-state index in [2.05, 4.69) is 10.2 Å². The zero-order valence-electron chi connectivity index (χ0n) is 16.4. The summed E-state index contributed by atoms with van der Waals surface area (Å²) in [4.78, 5) is 27.5. The Morgan fingerprint density at radius 2 is 2.16 bits per heavy atom. The average molecular weight is 456 g/mol. The Hall–Kier alpha value is -3.44. The lowest BCUT2D eigenvalue weighted by atomic mass is 10.1. The number of benzene rings is 1. The first-order chi connectivity index (χ1) is 15.0. The number of carbonyl (C=O) groups is 1. The second-order valence-electron chi connectivity index (χ2n) is 6.59. The topological polar surface area (TPSA) is 107 Å². The van der Waals surface area contributed by atoms with Crippen molar-refractivity contribution in [3.8, 4) is 0 Å². The maximum Gasteiger partial charge on any atom is 0.284 e. The number of amides is 1. The van der Waals surface area contributed by atoms with Crippen LogP contribution in [0.5, 0.6) is 0 Å². The molecule has 4 aromatic rings. The van der Waals surface area contributed by atoms with Crippen LogP contribution >= 0.6 is 23.1 Å². The minimum absolute atomic E-state index is 0.159. The molecule has 0 bridgehead atoms. The molecule has 0 aliphatic rings. The third-order valence-corrected chi connectivity index (χ3v) is 6.39. The molecule has 0 spiro atoms. The van der Waals surface area contributed by atoms with Crippen molar-refractivity contribution >= 4 is 34.7 Å². The van der Waals surface area contributed by atoms with Crippen molar-refractivity contribution in [2.75, 3.05) is 0 Å². The zero-order chi connectivity index (χ0) is 21.8. The van der Waals surface area contributed by atoms with E-state index in [1.54, 1.807) is 47.0 Å². The van der Waals surface area contributed by atoms with Gasteiger partial charge in [0.1, 0.15) is 12.1 Å². The summed E-state index contributed by atoms with van der Waals surface area (Å²) in [6.07, 6.45) is 3.07. The molecule has 9 nitrogen and oxygen atoms in total. The van der Waals surface area contributed by atoms with Gasteiger partial charge in [-0.15, -0.1) is 21.5 Å². The maximum absolute atomic E-state index is 13.3. The van der Waals surface area contributed by atoms with E-state index in [-0.39, 0.29) is 23.7 Å². The van der Waals surface area contributed by atoms with E-state index in [1.807, 2.05) is 17.5 Å². The van der Waals surface area contributed by atoms with Gasteiger partial charge in [0.15, 0.2) is 5.16 Å². The molecule has 0 N–H and O–H groups in total. The number of aryl methyl sites for hydroxylation is 1. The highest BCUT2D eigenvalue weighted by Gasteiger charge is 2.24. The fourth-order valence-electron chi connectivity index (χ4n) is 2.91. The van der Waals surface area contributed by atoms with Crippen molar-refractivity contribution in [2.45, 2.75) is 23.1 Å². The molecule has 3 aromatic heterocycles. The summed E-state index contributed by atoms with van der Waals surface area (Å²) in [6.45, 7) is 0.632. The van der Waals surface area contributed by atoms with E-state index < -0.39 is 4.92 Å². The Labute approximate surface area is 185 Å². The van der Waals surface area contributed by atoms with Gasteiger partial charge in [-0.3, -0.25) is 14.9 Å². The van der Waals surface area contributed by atoms with Crippen molar-refractivity contribution in [3.63, 3.8) is 0 Å². The van der Waals surface area contributed by atoms with Crippen LogP contribution in [-0.4, -0.2) is 30.5 Å². The van der Waals surface area contributed by atoms with Gasteiger partial charge < -0.3 is 13.9 Å². The molecule has 0 atom stereocenters. The summed E-state index contributed by atoms with van der Waals surface area (Å²) in [7, 11) is 1.75. The largest absolute Gasteiger partial charge is 0.467 e. The van der Waals surface area contributed by atoms with Crippen molar-refractivity contribution < 1.29 is 14.1 Å². The lowest BCUT2D eigenvalue weighted by molar-refractivity contribution is -0.387. The smallest absolute Gasteiger partial charge is 0.284 e. The summed E-state index contributed by atoms with van der Waals surface area (Å²) in [5.74, 6) is 0.317.